The molecule has 0 aliphatic carbocycles. The molecule has 0 aromatic carbocycles. The summed E-state index contributed by atoms with van der Waals surface area (Å²) in [6, 6.07) is -11.1. The number of carbonyl (C=O) groups is 9. The fourth-order valence-electron chi connectivity index (χ4n) is 5.41. The first-order valence-electron chi connectivity index (χ1n) is 19.8. The maximum atomic E-state index is 13.9. The number of nitrogens with two attached hydrogens (primary N) is 4. The minimum Gasteiger partial charge on any atom is -0.480 e. The van der Waals surface area contributed by atoms with Gasteiger partial charge >= 0.3 is 5.97 Å². The number of carboxylic acid groups (broad SMARTS) is 1. The van der Waals surface area contributed by atoms with Crippen LogP contribution in [0.25, 0.3) is 0 Å². The average Bonchev–Trinajstić information content (AvgIpc) is 3.20. The first-order valence-corrected chi connectivity index (χ1v) is 19.8. The molecule has 0 aliphatic heterocycles. The third kappa shape index (κ3) is 21.3. The number of primary amides is 1. The Bertz CT molecular complexity index is 1580. The summed E-state index contributed by atoms with van der Waals surface area (Å²) in [4.78, 5) is 119. The number of hydrogen-bond donors (Lipinski definition) is 16. The maximum absolute atomic E-state index is 13.9. The summed E-state index contributed by atoms with van der Waals surface area (Å²) in [6.07, 6.45) is -3.12. The van der Waals surface area contributed by atoms with E-state index in [2.05, 4.69) is 31.6 Å². The van der Waals surface area contributed by atoms with Crippen molar-refractivity contribution in [1.82, 2.24) is 37.2 Å². The van der Waals surface area contributed by atoms with Crippen molar-refractivity contribution in [2.75, 3.05) is 26.3 Å². The van der Waals surface area contributed by atoms with Gasteiger partial charge in [0.05, 0.1) is 25.9 Å². The highest BCUT2D eigenvalue weighted by Crippen LogP contribution is 2.12. The van der Waals surface area contributed by atoms with Crippen LogP contribution in [-0.4, -0.2) is 166 Å². The van der Waals surface area contributed by atoms with E-state index in [1.807, 2.05) is 5.32 Å². The zero-order valence-corrected chi connectivity index (χ0v) is 35.8. The molecule has 0 rings (SSSR count). The summed E-state index contributed by atoms with van der Waals surface area (Å²) in [7, 11) is 0. The van der Waals surface area contributed by atoms with Crippen LogP contribution in [0.1, 0.15) is 74.7 Å². The Morgan fingerprint density at radius 3 is 1.63 bits per heavy atom. The monoisotopic (exact) mass is 907 g/mol. The molecule has 0 bridgehead atoms. The van der Waals surface area contributed by atoms with E-state index < -0.39 is 133 Å². The number of nitrogens with zero attached hydrogens (tertiary/aromatic N) is 1. The summed E-state index contributed by atoms with van der Waals surface area (Å²) in [6.45, 7) is 7.09. The van der Waals surface area contributed by atoms with E-state index in [-0.39, 0.29) is 51.0 Å². The number of rotatable bonds is 29. The first-order chi connectivity index (χ1) is 28.8. The Morgan fingerprint density at radius 2 is 1.16 bits per heavy atom. The molecule has 0 spiro atoms. The lowest BCUT2D eigenvalue weighted by atomic mass is 9.96. The standard InChI is InChI=1S/C36H66N12O14.CH4/c1-7-17(6)24(33(59)45-20(13-49)29(55)42-12-22(51)47-25(27(53)28(38)54)34(60)46-21(14-50)35(61)62)48-30(56)18(9-8-10-41-36(39)40)43-31(57)19(11-15(2)3)44-32(58)23(37)26(52)16(4)5;/h15-21,23-27,49-50,52-53H,7-14,37H2,1-6H3,(H2,38,54)(H,42,55)(H,43,57)(H,44,58)(H,45,59)(H,46,60)(H,47,51)(H,48,56)(H,61,62)(H4,39,40,41);1H4/t17-,18+,19-,20-,21-,23-,24-,25-,26+,27-;/m0./s1. The van der Waals surface area contributed by atoms with E-state index in [0.29, 0.717) is 6.42 Å². The van der Waals surface area contributed by atoms with Crippen molar-refractivity contribution >= 4 is 59.2 Å². The van der Waals surface area contributed by atoms with E-state index in [1.165, 1.54) is 0 Å². The molecule has 0 fully saturated rings. The number of nitrogens with one attached hydrogen (secondary N) is 7. The molecule has 0 saturated carbocycles. The summed E-state index contributed by atoms with van der Waals surface area (Å²) < 4.78 is 0. The van der Waals surface area contributed by atoms with E-state index in [4.69, 9.17) is 28.0 Å². The number of guanidine groups is 1. The quantitative estimate of drug-likeness (QED) is 0.0188. The number of aliphatic carboxylic acids is 1. The molecule has 0 saturated heterocycles. The Balaban J connectivity index is 0. The molecule has 0 heterocycles. The van der Waals surface area contributed by atoms with Gasteiger partial charge < -0.3 is 85.7 Å². The highest BCUT2D eigenvalue weighted by molar-refractivity contribution is 5.98. The third-order valence-corrected chi connectivity index (χ3v) is 9.31. The van der Waals surface area contributed by atoms with Crippen molar-refractivity contribution < 1.29 is 68.7 Å². The molecule has 0 unspecified atom stereocenters. The van der Waals surface area contributed by atoms with Gasteiger partial charge in [0.15, 0.2) is 12.1 Å². The highest BCUT2D eigenvalue weighted by Gasteiger charge is 2.37. The Morgan fingerprint density at radius 1 is 0.651 bits per heavy atom. The number of carbonyl (C=O) groups excluding carboxylic acids is 8. The molecule has 10 atom stereocenters. The molecule has 26 nitrogen and oxygen atoms in total. The van der Waals surface area contributed by atoms with Crippen molar-refractivity contribution in [2.24, 2.45) is 45.7 Å². The van der Waals surface area contributed by atoms with Crippen LogP contribution >= 0.6 is 0 Å². The van der Waals surface area contributed by atoms with Crippen LogP contribution in [0, 0.1) is 17.8 Å². The predicted molar refractivity (Wildman–Crippen MR) is 226 cm³/mol. The second-order valence-electron chi connectivity index (χ2n) is 15.3. The van der Waals surface area contributed by atoms with E-state index >= 15 is 0 Å². The van der Waals surface area contributed by atoms with Gasteiger partial charge in [-0.3, -0.25) is 43.3 Å². The Labute approximate surface area is 365 Å². The molecule has 63 heavy (non-hydrogen) atoms. The van der Waals surface area contributed by atoms with Gasteiger partial charge in [0.2, 0.25) is 47.3 Å². The first kappa shape index (κ1) is 59.4. The van der Waals surface area contributed by atoms with Crippen molar-refractivity contribution in [3.8, 4) is 0 Å². The van der Waals surface area contributed by atoms with Crippen molar-refractivity contribution in [2.45, 2.75) is 129 Å². The zero-order chi connectivity index (χ0) is 48.0. The molecular weight excluding hydrogens is 836 g/mol. The average molecular weight is 907 g/mol. The van der Waals surface area contributed by atoms with E-state index in [9.17, 15) is 63.6 Å². The molecule has 26 heteroatoms. The van der Waals surface area contributed by atoms with Gasteiger partial charge in [0, 0.05) is 6.54 Å². The van der Waals surface area contributed by atoms with Gasteiger partial charge in [0.1, 0.15) is 42.3 Å². The third-order valence-electron chi connectivity index (χ3n) is 9.31. The lowest BCUT2D eigenvalue weighted by Gasteiger charge is -2.29. The lowest BCUT2D eigenvalue weighted by molar-refractivity contribution is -0.145. The molecule has 0 aliphatic rings. The number of aliphatic imine (C=N–C) groups is 1. The van der Waals surface area contributed by atoms with Crippen molar-refractivity contribution in [3.05, 3.63) is 0 Å². The summed E-state index contributed by atoms with van der Waals surface area (Å²) in [5, 5.41) is 64.4. The minimum atomic E-state index is -2.39. The van der Waals surface area contributed by atoms with Crippen molar-refractivity contribution in [3.63, 3.8) is 0 Å². The fourth-order valence-corrected chi connectivity index (χ4v) is 5.41. The minimum absolute atomic E-state index is 0. The zero-order valence-electron chi connectivity index (χ0n) is 35.8. The molecule has 0 aromatic rings. The van der Waals surface area contributed by atoms with Crippen LogP contribution in [-0.2, 0) is 43.2 Å². The second kappa shape index (κ2) is 29.6. The van der Waals surface area contributed by atoms with Gasteiger partial charge in [-0.1, -0.05) is 55.4 Å². The Hall–Kier alpha value is -5.70. The lowest BCUT2D eigenvalue weighted by Crippen LogP contribution is -2.61. The number of aliphatic hydroxyl groups excluding tert-OH is 4. The summed E-state index contributed by atoms with van der Waals surface area (Å²) >= 11 is 0. The molecule has 0 radical (unpaired) electrons. The summed E-state index contributed by atoms with van der Waals surface area (Å²) in [5.41, 5.74) is 21.8. The number of amides is 8. The highest BCUT2D eigenvalue weighted by atomic mass is 16.4. The SMILES string of the molecule is C.CC[C@H](C)[C@H](NC(=O)[C@@H](CCCN=C(N)N)NC(=O)[C@H](CC(C)C)NC(=O)[C@@H](N)[C@H](O)C(C)C)C(=O)N[C@@H](CO)C(=O)NCC(=O)N[C@H](C(=O)N[C@@H](CO)C(=O)O)[C@H](O)C(N)=O. The van der Waals surface area contributed by atoms with E-state index in [1.54, 1.807) is 46.9 Å². The molecule has 362 valence electrons. The fraction of sp³-hybridized carbons (Fsp3) is 0.730. The second-order valence-corrected chi connectivity index (χ2v) is 15.3. The molecule has 20 N–H and O–H groups in total. The van der Waals surface area contributed by atoms with Crippen LogP contribution in [0.15, 0.2) is 4.99 Å². The van der Waals surface area contributed by atoms with Gasteiger partial charge in [-0.05, 0) is 37.0 Å². The van der Waals surface area contributed by atoms with Crippen LogP contribution in [0.4, 0.5) is 0 Å². The predicted octanol–water partition coefficient (Wildman–Crippen LogP) is -6.95. The van der Waals surface area contributed by atoms with E-state index in [0.717, 1.165) is 0 Å². The molecule has 8 amide bonds. The number of carboxylic acids is 1. The Kier molecular flexibility index (Phi) is 27.9. The van der Waals surface area contributed by atoms with Crippen molar-refractivity contribution in [1.29, 1.82) is 0 Å². The number of aliphatic hydroxyl groups is 4. The summed E-state index contributed by atoms with van der Waals surface area (Å²) in [5.74, 6) is -11.8. The topological polar surface area (TPSA) is 455 Å². The van der Waals surface area contributed by atoms with Gasteiger partial charge in [0.25, 0.3) is 0 Å². The van der Waals surface area contributed by atoms with Gasteiger partial charge in [-0.15, -0.1) is 0 Å². The van der Waals surface area contributed by atoms with Gasteiger partial charge in [-0.25, -0.2) is 4.79 Å². The molecular formula is C37H70N12O14. The molecule has 0 aromatic heterocycles. The maximum Gasteiger partial charge on any atom is 0.328 e. The van der Waals surface area contributed by atoms with Gasteiger partial charge in [-0.2, -0.15) is 0 Å². The van der Waals surface area contributed by atoms with Crippen LogP contribution < -0.4 is 60.2 Å². The van der Waals surface area contributed by atoms with Crippen LogP contribution in [0.2, 0.25) is 0 Å². The van der Waals surface area contributed by atoms with Crippen LogP contribution in [0.3, 0.4) is 0 Å². The number of hydrogen-bond acceptors (Lipinski definition) is 15. The smallest absolute Gasteiger partial charge is 0.328 e. The largest absolute Gasteiger partial charge is 0.480 e. The normalized spacial score (nSPS) is 15.8. The van der Waals surface area contributed by atoms with Crippen LogP contribution in [0.5, 0.6) is 0 Å².